The third-order valence-corrected chi connectivity index (χ3v) is 3.67. The molecule has 2 aromatic carbocycles. The first kappa shape index (κ1) is 17.0. The molecule has 122 valence electrons. The smallest absolute Gasteiger partial charge is 0.189 e. The average molecular weight is 334 g/mol. The largest absolute Gasteiger partial charge is 0.493 e. The van der Waals surface area contributed by atoms with Gasteiger partial charge in [0, 0.05) is 11.6 Å². The van der Waals surface area contributed by atoms with Gasteiger partial charge in [0.15, 0.2) is 17.5 Å². The van der Waals surface area contributed by atoms with Gasteiger partial charge in [-0.25, -0.2) is 4.99 Å². The zero-order valence-electron chi connectivity index (χ0n) is 13.2. The van der Waals surface area contributed by atoms with Crippen LogP contribution in [0.5, 0.6) is 11.5 Å². The van der Waals surface area contributed by atoms with Crippen LogP contribution in [0.25, 0.3) is 0 Å². The Morgan fingerprint density at radius 1 is 1.13 bits per heavy atom. The lowest BCUT2D eigenvalue weighted by Gasteiger charge is -2.09. The number of nitrogens with two attached hydrogens (primary N) is 1. The molecule has 0 aromatic heterocycles. The van der Waals surface area contributed by atoms with Crippen LogP contribution in [-0.2, 0) is 13.1 Å². The summed E-state index contributed by atoms with van der Waals surface area (Å²) >= 11 is 6.10. The molecule has 0 aliphatic rings. The Kier molecular flexibility index (Phi) is 6.11. The predicted molar refractivity (Wildman–Crippen MR) is 93.2 cm³/mol. The lowest BCUT2D eigenvalue weighted by Crippen LogP contribution is -2.31. The molecule has 0 spiro atoms. The van der Waals surface area contributed by atoms with E-state index in [-0.39, 0.29) is 0 Å². The van der Waals surface area contributed by atoms with Gasteiger partial charge in [-0.05, 0) is 29.3 Å². The summed E-state index contributed by atoms with van der Waals surface area (Å²) < 4.78 is 10.5. The zero-order chi connectivity index (χ0) is 16.7. The van der Waals surface area contributed by atoms with Crippen molar-refractivity contribution in [1.82, 2.24) is 5.32 Å². The third-order valence-electron chi connectivity index (χ3n) is 3.30. The fourth-order valence-electron chi connectivity index (χ4n) is 2.04. The summed E-state index contributed by atoms with van der Waals surface area (Å²) in [5.74, 6) is 1.72. The van der Waals surface area contributed by atoms with Crippen LogP contribution in [0, 0.1) is 0 Å². The summed E-state index contributed by atoms with van der Waals surface area (Å²) in [6.45, 7) is 0.975. The predicted octanol–water partition coefficient (Wildman–Crippen LogP) is 2.96. The summed E-state index contributed by atoms with van der Waals surface area (Å²) in [5, 5.41) is 3.75. The van der Waals surface area contributed by atoms with Crippen molar-refractivity contribution >= 4 is 17.6 Å². The van der Waals surface area contributed by atoms with E-state index in [4.69, 9.17) is 26.8 Å². The Labute approximate surface area is 141 Å². The van der Waals surface area contributed by atoms with E-state index in [1.54, 1.807) is 14.2 Å². The molecule has 0 fully saturated rings. The number of halogens is 1. The maximum absolute atomic E-state index is 6.10. The highest BCUT2D eigenvalue weighted by Crippen LogP contribution is 2.27. The molecule has 2 rings (SSSR count). The number of nitrogens with one attached hydrogen (secondary N) is 1. The van der Waals surface area contributed by atoms with Gasteiger partial charge < -0.3 is 20.5 Å². The number of rotatable bonds is 6. The number of methoxy groups -OCH3 is 2. The Bertz CT molecular complexity index is 689. The topological polar surface area (TPSA) is 68.9 Å². The highest BCUT2D eigenvalue weighted by Gasteiger charge is 2.04. The van der Waals surface area contributed by atoms with E-state index in [0.717, 1.165) is 11.1 Å². The van der Waals surface area contributed by atoms with Gasteiger partial charge in [0.05, 0.1) is 20.8 Å². The van der Waals surface area contributed by atoms with Gasteiger partial charge in [-0.15, -0.1) is 0 Å². The summed E-state index contributed by atoms with van der Waals surface area (Å²) in [7, 11) is 3.21. The summed E-state index contributed by atoms with van der Waals surface area (Å²) in [4.78, 5) is 4.31. The van der Waals surface area contributed by atoms with Gasteiger partial charge >= 0.3 is 0 Å². The molecule has 0 saturated heterocycles. The van der Waals surface area contributed by atoms with E-state index in [0.29, 0.717) is 35.6 Å². The monoisotopic (exact) mass is 333 g/mol. The number of aliphatic imine (C=N–C) groups is 1. The molecule has 0 heterocycles. The van der Waals surface area contributed by atoms with Crippen molar-refractivity contribution in [3.63, 3.8) is 0 Å². The van der Waals surface area contributed by atoms with E-state index in [2.05, 4.69) is 10.3 Å². The van der Waals surface area contributed by atoms with E-state index < -0.39 is 0 Å². The van der Waals surface area contributed by atoms with E-state index >= 15 is 0 Å². The maximum atomic E-state index is 6.10. The van der Waals surface area contributed by atoms with Gasteiger partial charge in [0.1, 0.15) is 0 Å². The van der Waals surface area contributed by atoms with Crippen LogP contribution in [-0.4, -0.2) is 20.2 Å². The van der Waals surface area contributed by atoms with Crippen molar-refractivity contribution in [2.75, 3.05) is 14.2 Å². The van der Waals surface area contributed by atoms with Gasteiger partial charge in [-0.3, -0.25) is 0 Å². The molecule has 0 amide bonds. The van der Waals surface area contributed by atoms with Gasteiger partial charge in [-0.1, -0.05) is 35.9 Å². The SMILES string of the molecule is COc1ccc(CN=C(N)NCc2ccccc2Cl)cc1OC. The second-order valence-electron chi connectivity index (χ2n) is 4.84. The maximum Gasteiger partial charge on any atom is 0.189 e. The van der Waals surface area contributed by atoms with Crippen molar-refractivity contribution in [1.29, 1.82) is 0 Å². The molecule has 0 aliphatic carbocycles. The first-order valence-corrected chi connectivity index (χ1v) is 7.50. The second-order valence-corrected chi connectivity index (χ2v) is 5.24. The molecule has 23 heavy (non-hydrogen) atoms. The Hall–Kier alpha value is -2.40. The van der Waals surface area contributed by atoms with Crippen molar-refractivity contribution in [2.45, 2.75) is 13.1 Å². The Balaban J connectivity index is 1.95. The minimum absolute atomic E-state index is 0.361. The van der Waals surface area contributed by atoms with E-state index in [9.17, 15) is 0 Å². The molecule has 5 nitrogen and oxygen atoms in total. The third kappa shape index (κ3) is 4.79. The van der Waals surface area contributed by atoms with Crippen LogP contribution in [0.15, 0.2) is 47.5 Å². The van der Waals surface area contributed by atoms with E-state index in [1.165, 1.54) is 0 Å². The average Bonchev–Trinajstić information content (AvgIpc) is 2.58. The van der Waals surface area contributed by atoms with Gasteiger partial charge in [0.2, 0.25) is 0 Å². The quantitative estimate of drug-likeness (QED) is 0.630. The number of benzene rings is 2. The number of hydrogen-bond acceptors (Lipinski definition) is 3. The van der Waals surface area contributed by atoms with Crippen molar-refractivity contribution in [3.05, 3.63) is 58.6 Å². The molecule has 0 aliphatic heterocycles. The minimum atomic E-state index is 0.361. The van der Waals surface area contributed by atoms with E-state index in [1.807, 2.05) is 42.5 Å². The van der Waals surface area contributed by atoms with Crippen LogP contribution in [0.3, 0.4) is 0 Å². The van der Waals surface area contributed by atoms with Crippen LogP contribution in [0.2, 0.25) is 5.02 Å². The molecule has 2 aromatic rings. The Morgan fingerprint density at radius 2 is 1.87 bits per heavy atom. The Morgan fingerprint density at radius 3 is 2.57 bits per heavy atom. The lowest BCUT2D eigenvalue weighted by molar-refractivity contribution is 0.354. The molecule has 0 radical (unpaired) electrons. The first-order chi connectivity index (χ1) is 11.1. The summed E-state index contributed by atoms with van der Waals surface area (Å²) in [6, 6.07) is 13.2. The number of hydrogen-bond donors (Lipinski definition) is 2. The minimum Gasteiger partial charge on any atom is -0.493 e. The zero-order valence-corrected chi connectivity index (χ0v) is 13.9. The summed E-state index contributed by atoms with van der Waals surface area (Å²) in [6.07, 6.45) is 0. The van der Waals surface area contributed by atoms with Gasteiger partial charge in [0.25, 0.3) is 0 Å². The standard InChI is InChI=1S/C17H20ClN3O2/c1-22-15-8-7-12(9-16(15)23-2)10-20-17(19)21-11-13-5-3-4-6-14(13)18/h3-9H,10-11H2,1-2H3,(H3,19,20,21). The molecule has 0 atom stereocenters. The second kappa shape index (κ2) is 8.29. The molecule has 0 bridgehead atoms. The molecule has 6 heteroatoms. The normalized spacial score (nSPS) is 11.2. The highest BCUT2D eigenvalue weighted by molar-refractivity contribution is 6.31. The van der Waals surface area contributed by atoms with Crippen molar-refractivity contribution < 1.29 is 9.47 Å². The number of ether oxygens (including phenoxy) is 2. The fraction of sp³-hybridized carbons (Fsp3) is 0.235. The van der Waals surface area contributed by atoms with Crippen molar-refractivity contribution in [3.8, 4) is 11.5 Å². The molecule has 0 saturated carbocycles. The molecular weight excluding hydrogens is 314 g/mol. The lowest BCUT2D eigenvalue weighted by atomic mass is 10.2. The fourth-order valence-corrected chi connectivity index (χ4v) is 2.24. The van der Waals surface area contributed by atoms with Gasteiger partial charge in [-0.2, -0.15) is 0 Å². The highest BCUT2D eigenvalue weighted by atomic mass is 35.5. The van der Waals surface area contributed by atoms with Crippen LogP contribution in [0.1, 0.15) is 11.1 Å². The van der Waals surface area contributed by atoms with Crippen molar-refractivity contribution in [2.24, 2.45) is 10.7 Å². The molecule has 0 unspecified atom stereocenters. The molecule has 3 N–H and O–H groups in total. The van der Waals surface area contributed by atoms with Crippen LogP contribution >= 0.6 is 11.6 Å². The number of nitrogens with zero attached hydrogens (tertiary/aromatic N) is 1. The number of guanidine groups is 1. The summed E-state index contributed by atoms with van der Waals surface area (Å²) in [5.41, 5.74) is 7.83. The van der Waals surface area contributed by atoms with Crippen LogP contribution in [0.4, 0.5) is 0 Å². The first-order valence-electron chi connectivity index (χ1n) is 7.12. The van der Waals surface area contributed by atoms with Crippen LogP contribution < -0.4 is 20.5 Å². The molecular formula is C17H20ClN3O2.